The number of ether oxygens (including phenoxy) is 3. The van der Waals surface area contributed by atoms with Crippen LogP contribution in [-0.2, 0) is 28.6 Å². The first-order chi connectivity index (χ1) is 10.3. The van der Waals surface area contributed by atoms with E-state index in [-0.39, 0.29) is 22.3 Å². The van der Waals surface area contributed by atoms with Gasteiger partial charge in [0.2, 0.25) is 0 Å². The lowest BCUT2D eigenvalue weighted by molar-refractivity contribution is -0.140. The van der Waals surface area contributed by atoms with Gasteiger partial charge in [0.1, 0.15) is 6.10 Å². The number of rotatable bonds is 2. The zero-order chi connectivity index (χ0) is 16.2. The average molecular weight is 306 g/mol. The number of carbonyl (C=O) groups excluding carboxylic acids is 3. The van der Waals surface area contributed by atoms with Gasteiger partial charge >= 0.3 is 11.9 Å². The lowest BCUT2D eigenvalue weighted by atomic mass is 9.86. The van der Waals surface area contributed by atoms with E-state index in [1.54, 1.807) is 0 Å². The molecule has 1 aliphatic carbocycles. The van der Waals surface area contributed by atoms with Gasteiger partial charge in [-0.3, -0.25) is 4.79 Å². The topological polar surface area (TPSA) is 78.9 Å². The van der Waals surface area contributed by atoms with Crippen LogP contribution in [0.1, 0.15) is 26.7 Å². The highest BCUT2D eigenvalue weighted by atomic mass is 16.5. The molecule has 2 heterocycles. The highest BCUT2D eigenvalue weighted by molar-refractivity contribution is 6.14. The van der Waals surface area contributed by atoms with Crippen LogP contribution in [0.4, 0.5) is 0 Å². The Hall–Kier alpha value is -1.95. The molecular weight excluding hydrogens is 288 g/mol. The lowest BCUT2D eigenvalue weighted by Gasteiger charge is -2.23. The SMILES string of the molecule is COC(=O)C1=C(C(=O)OC)[C@H]2O[C@@H]1C(=O)C1=C2CC(C)(C)C1. The molecule has 3 aliphatic rings. The molecule has 22 heavy (non-hydrogen) atoms. The van der Waals surface area contributed by atoms with Crippen LogP contribution in [0.25, 0.3) is 0 Å². The maximum absolute atomic E-state index is 12.7. The fourth-order valence-electron chi connectivity index (χ4n) is 3.59. The quantitative estimate of drug-likeness (QED) is 0.711. The second kappa shape index (κ2) is 4.78. The van der Waals surface area contributed by atoms with Gasteiger partial charge in [-0.1, -0.05) is 13.8 Å². The van der Waals surface area contributed by atoms with Crippen LogP contribution in [0.3, 0.4) is 0 Å². The third-order valence-electron chi connectivity index (χ3n) is 4.46. The van der Waals surface area contributed by atoms with E-state index >= 15 is 0 Å². The highest BCUT2D eigenvalue weighted by Crippen LogP contribution is 2.51. The first kappa shape index (κ1) is 15.0. The Kier molecular flexibility index (Phi) is 3.25. The lowest BCUT2D eigenvalue weighted by Crippen LogP contribution is -2.33. The second-order valence-electron chi connectivity index (χ2n) is 6.59. The molecule has 0 saturated heterocycles. The number of hydrogen-bond donors (Lipinski definition) is 0. The van der Waals surface area contributed by atoms with Crippen molar-refractivity contribution in [1.82, 2.24) is 0 Å². The van der Waals surface area contributed by atoms with Gasteiger partial charge in [-0.05, 0) is 23.8 Å². The zero-order valence-corrected chi connectivity index (χ0v) is 13.0. The molecular formula is C16H18O6. The van der Waals surface area contributed by atoms with E-state index in [9.17, 15) is 14.4 Å². The van der Waals surface area contributed by atoms with Crippen molar-refractivity contribution >= 4 is 17.7 Å². The summed E-state index contributed by atoms with van der Waals surface area (Å²) in [7, 11) is 2.45. The number of hydrogen-bond acceptors (Lipinski definition) is 6. The van der Waals surface area contributed by atoms with Crippen molar-refractivity contribution in [3.63, 3.8) is 0 Å². The fraction of sp³-hybridized carbons (Fsp3) is 0.562. The minimum atomic E-state index is -1.06. The van der Waals surface area contributed by atoms with Crippen molar-refractivity contribution in [3.05, 3.63) is 22.3 Å². The number of esters is 2. The molecule has 2 atom stereocenters. The summed E-state index contributed by atoms with van der Waals surface area (Å²) >= 11 is 0. The predicted molar refractivity (Wildman–Crippen MR) is 74.8 cm³/mol. The molecule has 3 rings (SSSR count). The van der Waals surface area contributed by atoms with Gasteiger partial charge in [0.15, 0.2) is 11.9 Å². The summed E-state index contributed by atoms with van der Waals surface area (Å²) in [4.78, 5) is 36.8. The third kappa shape index (κ3) is 1.94. The normalized spacial score (nSPS) is 28.8. The van der Waals surface area contributed by atoms with E-state index in [0.717, 1.165) is 5.57 Å². The predicted octanol–water partition coefficient (Wildman–Crippen LogP) is 1.10. The first-order valence-electron chi connectivity index (χ1n) is 7.13. The van der Waals surface area contributed by atoms with E-state index in [2.05, 4.69) is 13.8 Å². The van der Waals surface area contributed by atoms with E-state index in [1.165, 1.54) is 14.2 Å². The Bertz CT molecular complexity index is 652. The van der Waals surface area contributed by atoms with Gasteiger partial charge in [-0.2, -0.15) is 0 Å². The van der Waals surface area contributed by atoms with Crippen LogP contribution in [0.2, 0.25) is 0 Å². The summed E-state index contributed by atoms with van der Waals surface area (Å²) in [6.07, 6.45) is -0.457. The molecule has 118 valence electrons. The fourth-order valence-corrected chi connectivity index (χ4v) is 3.59. The molecule has 0 unspecified atom stereocenters. The molecule has 0 radical (unpaired) electrons. The van der Waals surface area contributed by atoms with Gasteiger partial charge in [-0.15, -0.1) is 0 Å². The van der Waals surface area contributed by atoms with Crippen LogP contribution < -0.4 is 0 Å². The summed E-state index contributed by atoms with van der Waals surface area (Å²) in [5.41, 5.74) is 1.52. The van der Waals surface area contributed by atoms with Crippen LogP contribution >= 0.6 is 0 Å². The molecule has 0 aromatic rings. The number of fused-ring (bicyclic) bond motifs is 3. The summed E-state index contributed by atoms with van der Waals surface area (Å²) in [5, 5.41) is 0. The van der Waals surface area contributed by atoms with Crippen molar-refractivity contribution in [3.8, 4) is 0 Å². The van der Waals surface area contributed by atoms with E-state index < -0.39 is 24.1 Å². The van der Waals surface area contributed by atoms with Crippen molar-refractivity contribution < 1.29 is 28.6 Å². The average Bonchev–Trinajstić information content (AvgIpc) is 3.00. The molecule has 0 saturated carbocycles. The molecule has 0 amide bonds. The number of methoxy groups -OCH3 is 2. The van der Waals surface area contributed by atoms with Gasteiger partial charge in [0.05, 0.1) is 25.4 Å². The molecule has 6 heteroatoms. The van der Waals surface area contributed by atoms with Gasteiger partial charge in [0.25, 0.3) is 0 Å². The maximum Gasteiger partial charge on any atom is 0.337 e. The summed E-state index contributed by atoms with van der Waals surface area (Å²) < 4.78 is 15.2. The molecule has 0 fully saturated rings. The van der Waals surface area contributed by atoms with E-state index in [4.69, 9.17) is 14.2 Å². The summed E-state index contributed by atoms with van der Waals surface area (Å²) in [6, 6.07) is 0. The number of Topliss-reactive ketones (excluding diaryl/α,β-unsaturated/α-hetero) is 1. The molecule has 2 aliphatic heterocycles. The van der Waals surface area contributed by atoms with Gasteiger partial charge < -0.3 is 14.2 Å². The molecule has 0 aromatic carbocycles. The van der Waals surface area contributed by atoms with E-state index in [0.29, 0.717) is 18.4 Å². The van der Waals surface area contributed by atoms with Crippen LogP contribution in [0, 0.1) is 5.41 Å². The number of carbonyl (C=O) groups is 3. The monoisotopic (exact) mass is 306 g/mol. The summed E-state index contributed by atoms with van der Waals surface area (Å²) in [6.45, 7) is 4.13. The molecule has 0 N–H and O–H groups in total. The van der Waals surface area contributed by atoms with Crippen molar-refractivity contribution in [2.45, 2.75) is 38.9 Å². The molecule has 0 spiro atoms. The van der Waals surface area contributed by atoms with Gasteiger partial charge in [0, 0.05) is 5.57 Å². The molecule has 0 aromatic heterocycles. The Morgan fingerprint density at radius 1 is 1.05 bits per heavy atom. The zero-order valence-electron chi connectivity index (χ0n) is 13.0. The van der Waals surface area contributed by atoms with Crippen molar-refractivity contribution in [2.24, 2.45) is 5.41 Å². The second-order valence-corrected chi connectivity index (χ2v) is 6.59. The first-order valence-corrected chi connectivity index (χ1v) is 7.13. The van der Waals surface area contributed by atoms with Gasteiger partial charge in [-0.25, -0.2) is 9.59 Å². The Labute approximate surface area is 128 Å². The van der Waals surface area contributed by atoms with Crippen LogP contribution in [0.5, 0.6) is 0 Å². The third-order valence-corrected chi connectivity index (χ3v) is 4.46. The van der Waals surface area contributed by atoms with Crippen molar-refractivity contribution in [2.75, 3.05) is 14.2 Å². The Morgan fingerprint density at radius 2 is 1.59 bits per heavy atom. The number of ketones is 1. The van der Waals surface area contributed by atoms with Crippen LogP contribution in [0.15, 0.2) is 22.3 Å². The minimum absolute atomic E-state index is 0.0171. The minimum Gasteiger partial charge on any atom is -0.466 e. The summed E-state index contributed by atoms with van der Waals surface area (Å²) in [5.74, 6) is -1.61. The van der Waals surface area contributed by atoms with E-state index in [1.807, 2.05) is 0 Å². The smallest absolute Gasteiger partial charge is 0.337 e. The Balaban J connectivity index is 2.14. The standard InChI is InChI=1S/C16H18O6/c1-16(2)5-7-8(6-16)12-9(14(18)20-3)10(15(19)21-4)13(22-12)11(7)17/h12-13H,5-6H2,1-4H3/t12-,13-/m0/s1. The highest BCUT2D eigenvalue weighted by Gasteiger charge is 2.55. The molecule has 6 nitrogen and oxygen atoms in total. The maximum atomic E-state index is 12.7. The largest absolute Gasteiger partial charge is 0.466 e. The van der Waals surface area contributed by atoms with Crippen LogP contribution in [-0.4, -0.2) is 44.1 Å². The van der Waals surface area contributed by atoms with Crippen molar-refractivity contribution in [1.29, 1.82) is 0 Å². The Morgan fingerprint density at radius 3 is 2.14 bits per heavy atom. The molecule has 2 bridgehead atoms.